The number of ketones is 2. The van der Waals surface area contributed by atoms with Crippen LogP contribution in [0.1, 0.15) is 68.7 Å². The summed E-state index contributed by atoms with van der Waals surface area (Å²) < 4.78 is 5.39. The minimum Gasteiger partial charge on any atom is -0.444 e. The highest BCUT2D eigenvalue weighted by Crippen LogP contribution is 2.46. The minimum absolute atomic E-state index is 0.0504. The molecule has 0 N–H and O–H groups in total. The van der Waals surface area contributed by atoms with E-state index in [1.54, 1.807) is 11.8 Å². The molecule has 0 atom stereocenters. The average Bonchev–Trinajstić information content (AvgIpc) is 2.52. The largest absolute Gasteiger partial charge is 0.444 e. The molecule has 2 fully saturated rings. The van der Waals surface area contributed by atoms with E-state index >= 15 is 0 Å². The number of carbonyl (C=O) groups is 3. The molecule has 1 amide bonds. The fourth-order valence-corrected chi connectivity index (χ4v) is 4.60. The van der Waals surface area contributed by atoms with Crippen molar-refractivity contribution in [3.63, 3.8) is 0 Å². The number of amides is 1. The lowest BCUT2D eigenvalue weighted by Gasteiger charge is -2.52. The van der Waals surface area contributed by atoms with Crippen molar-refractivity contribution in [1.82, 2.24) is 4.90 Å². The smallest absolute Gasteiger partial charge is 0.410 e. The van der Waals surface area contributed by atoms with Crippen molar-refractivity contribution in [3.8, 4) is 11.8 Å². The van der Waals surface area contributed by atoms with Gasteiger partial charge in [0.1, 0.15) is 23.1 Å². The number of ether oxygens (including phenoxy) is 1. The van der Waals surface area contributed by atoms with Crippen LogP contribution in [0.15, 0.2) is 12.1 Å². The first kappa shape index (κ1) is 21.1. The van der Waals surface area contributed by atoms with Gasteiger partial charge in [0.25, 0.3) is 0 Å². The van der Waals surface area contributed by atoms with Crippen molar-refractivity contribution in [1.29, 1.82) is 0 Å². The number of nitrogens with zero attached hydrogens (tertiary/aromatic N) is 1. The molecule has 1 aliphatic carbocycles. The Morgan fingerprint density at radius 3 is 2.07 bits per heavy atom. The molecule has 1 saturated heterocycles. The molecular weight excluding hydrogens is 366 g/mol. The lowest BCUT2D eigenvalue weighted by atomic mass is 9.63. The molecule has 2 aliphatic rings. The highest BCUT2D eigenvalue weighted by Gasteiger charge is 2.54. The summed E-state index contributed by atoms with van der Waals surface area (Å²) in [6, 6.07) is 3.88. The van der Waals surface area contributed by atoms with Gasteiger partial charge in [0.05, 0.1) is 0 Å². The maximum atomic E-state index is 13.1. The normalized spacial score (nSPS) is 18.9. The van der Waals surface area contributed by atoms with Gasteiger partial charge in [-0.05, 0) is 70.4 Å². The van der Waals surface area contributed by atoms with E-state index < -0.39 is 16.9 Å². The van der Waals surface area contributed by atoms with Gasteiger partial charge in [-0.25, -0.2) is 4.79 Å². The molecule has 1 saturated carbocycles. The van der Waals surface area contributed by atoms with Gasteiger partial charge in [0.15, 0.2) is 0 Å². The molecule has 5 nitrogen and oxygen atoms in total. The molecule has 1 aromatic carbocycles. The van der Waals surface area contributed by atoms with Gasteiger partial charge in [-0.2, -0.15) is 0 Å². The monoisotopic (exact) mass is 395 g/mol. The molecule has 1 heterocycles. The Labute approximate surface area is 172 Å². The first-order chi connectivity index (χ1) is 13.4. The molecule has 1 aromatic rings. The van der Waals surface area contributed by atoms with Gasteiger partial charge in [-0.1, -0.05) is 5.92 Å². The van der Waals surface area contributed by atoms with Crippen LogP contribution in [0.25, 0.3) is 0 Å². The topological polar surface area (TPSA) is 63.7 Å². The van der Waals surface area contributed by atoms with E-state index in [-0.39, 0.29) is 17.7 Å². The summed E-state index contributed by atoms with van der Waals surface area (Å²) in [5.41, 5.74) is 2.57. The van der Waals surface area contributed by atoms with Crippen molar-refractivity contribution < 1.29 is 19.1 Å². The molecular formula is C24H29NO4. The first-order valence-electron chi connectivity index (χ1n) is 10.0. The summed E-state index contributed by atoms with van der Waals surface area (Å²) in [7, 11) is 0. The fourth-order valence-electron chi connectivity index (χ4n) is 4.60. The van der Waals surface area contributed by atoms with Crippen LogP contribution in [-0.2, 0) is 14.3 Å². The highest BCUT2D eigenvalue weighted by molar-refractivity contribution is 6.11. The number of rotatable bonds is 1. The average molecular weight is 395 g/mol. The van der Waals surface area contributed by atoms with Crippen LogP contribution in [-0.4, -0.2) is 41.3 Å². The number of Topliss-reactive ketones (excluding diaryl/α,β-unsaturated/α-hetero) is 2. The van der Waals surface area contributed by atoms with Crippen LogP contribution in [0.3, 0.4) is 0 Å². The van der Waals surface area contributed by atoms with E-state index in [1.807, 2.05) is 46.8 Å². The molecule has 0 radical (unpaired) electrons. The van der Waals surface area contributed by atoms with Gasteiger partial charge in [-0.15, -0.1) is 5.92 Å². The number of carbonyl (C=O) groups excluding carboxylic acids is 3. The van der Waals surface area contributed by atoms with E-state index in [4.69, 9.17) is 4.74 Å². The van der Waals surface area contributed by atoms with Crippen LogP contribution < -0.4 is 0 Å². The van der Waals surface area contributed by atoms with Gasteiger partial charge < -0.3 is 9.64 Å². The quantitative estimate of drug-likeness (QED) is 0.534. The number of hydrogen-bond acceptors (Lipinski definition) is 4. The third-order valence-corrected chi connectivity index (χ3v) is 5.60. The lowest BCUT2D eigenvalue weighted by molar-refractivity contribution is -0.143. The molecule has 29 heavy (non-hydrogen) atoms. The van der Waals surface area contributed by atoms with Gasteiger partial charge >= 0.3 is 6.09 Å². The van der Waals surface area contributed by atoms with Gasteiger partial charge in [-0.3, -0.25) is 9.59 Å². The summed E-state index contributed by atoms with van der Waals surface area (Å²) in [5, 5.41) is 0. The molecule has 3 rings (SSSR count). The van der Waals surface area contributed by atoms with E-state index in [2.05, 4.69) is 11.8 Å². The highest BCUT2D eigenvalue weighted by atomic mass is 16.6. The van der Waals surface area contributed by atoms with Crippen LogP contribution in [0, 0.1) is 31.1 Å². The van der Waals surface area contributed by atoms with E-state index in [9.17, 15) is 14.4 Å². The molecule has 0 bridgehead atoms. The lowest BCUT2D eigenvalue weighted by Crippen LogP contribution is -2.62. The maximum absolute atomic E-state index is 13.1. The van der Waals surface area contributed by atoms with Crippen LogP contribution >= 0.6 is 0 Å². The molecule has 5 heteroatoms. The Hall–Kier alpha value is -2.61. The SMILES string of the molecule is CC#Cc1cc(C)c(C2C(=O)CC3(CC2=O)CN(C(=O)OC(C)(C)C)C3)c(C)c1. The third-order valence-electron chi connectivity index (χ3n) is 5.60. The van der Waals surface area contributed by atoms with E-state index in [1.165, 1.54) is 0 Å². The van der Waals surface area contributed by atoms with Crippen molar-refractivity contribution >= 4 is 17.7 Å². The Balaban J connectivity index is 1.76. The van der Waals surface area contributed by atoms with Crippen molar-refractivity contribution in [2.75, 3.05) is 13.1 Å². The number of aryl methyl sites for hydroxylation is 2. The molecule has 154 valence electrons. The first-order valence-corrected chi connectivity index (χ1v) is 10.0. The molecule has 0 aromatic heterocycles. The Kier molecular flexibility index (Phi) is 5.34. The summed E-state index contributed by atoms with van der Waals surface area (Å²) in [5.74, 6) is 5.11. The summed E-state index contributed by atoms with van der Waals surface area (Å²) in [6.07, 6.45) is 0.250. The second-order valence-corrected chi connectivity index (χ2v) is 9.45. The van der Waals surface area contributed by atoms with E-state index in [0.717, 1.165) is 22.3 Å². The standard InChI is InChI=1S/C24H29NO4/c1-7-8-17-9-15(2)20(16(3)10-17)21-18(26)11-24(12-19(21)27)13-25(14-24)22(28)29-23(4,5)6/h9-10,21H,11-14H2,1-6H3. The fraction of sp³-hybridized carbons (Fsp3) is 0.542. The maximum Gasteiger partial charge on any atom is 0.410 e. The van der Waals surface area contributed by atoms with Gasteiger partial charge in [0.2, 0.25) is 0 Å². The second kappa shape index (κ2) is 7.33. The Morgan fingerprint density at radius 2 is 1.62 bits per heavy atom. The van der Waals surface area contributed by atoms with Crippen LogP contribution in [0.2, 0.25) is 0 Å². The predicted octanol–water partition coefficient (Wildman–Crippen LogP) is 3.93. The summed E-state index contributed by atoms with van der Waals surface area (Å²) in [6.45, 7) is 11.9. The minimum atomic E-state index is -0.708. The number of benzene rings is 1. The Bertz CT molecular complexity index is 893. The number of likely N-dealkylation sites (tertiary alicyclic amines) is 1. The predicted molar refractivity (Wildman–Crippen MR) is 111 cm³/mol. The van der Waals surface area contributed by atoms with Crippen molar-refractivity contribution in [2.45, 2.75) is 65.9 Å². The third kappa shape index (κ3) is 4.22. The van der Waals surface area contributed by atoms with E-state index in [0.29, 0.717) is 25.9 Å². The zero-order valence-electron chi connectivity index (χ0n) is 18.1. The summed E-state index contributed by atoms with van der Waals surface area (Å²) >= 11 is 0. The zero-order valence-corrected chi connectivity index (χ0v) is 18.1. The van der Waals surface area contributed by atoms with Crippen LogP contribution in [0.4, 0.5) is 4.79 Å². The summed E-state index contributed by atoms with van der Waals surface area (Å²) in [4.78, 5) is 39.9. The molecule has 0 unspecified atom stereocenters. The van der Waals surface area contributed by atoms with Crippen LogP contribution in [0.5, 0.6) is 0 Å². The van der Waals surface area contributed by atoms with Gasteiger partial charge in [0, 0.05) is 36.9 Å². The Morgan fingerprint density at radius 1 is 1.10 bits per heavy atom. The zero-order chi connectivity index (χ0) is 21.6. The second-order valence-electron chi connectivity index (χ2n) is 9.45. The van der Waals surface area contributed by atoms with Crippen molar-refractivity contribution in [3.05, 3.63) is 34.4 Å². The number of hydrogen-bond donors (Lipinski definition) is 0. The molecule has 1 spiro atoms. The molecule has 1 aliphatic heterocycles. The van der Waals surface area contributed by atoms with Crippen molar-refractivity contribution in [2.24, 2.45) is 5.41 Å².